The summed E-state index contributed by atoms with van der Waals surface area (Å²) in [5.74, 6) is -0.362. The maximum Gasteiger partial charge on any atom is 0.325 e. The minimum atomic E-state index is -0.657. The molecule has 1 fully saturated rings. The summed E-state index contributed by atoms with van der Waals surface area (Å²) >= 11 is 0. The summed E-state index contributed by atoms with van der Waals surface area (Å²) in [5, 5.41) is 0. The number of aromatic nitrogens is 2. The lowest BCUT2D eigenvalue weighted by atomic mass is 10.1. The van der Waals surface area contributed by atoms with Crippen molar-refractivity contribution < 1.29 is 9.53 Å². The van der Waals surface area contributed by atoms with E-state index in [1.54, 1.807) is 4.90 Å². The first-order chi connectivity index (χ1) is 9.13. The average molecular weight is 267 g/mol. The summed E-state index contributed by atoms with van der Waals surface area (Å²) in [6.45, 7) is 3.44. The van der Waals surface area contributed by atoms with Gasteiger partial charge in [0.05, 0.1) is 19.3 Å². The number of carbonyl (C=O) groups excluding carboxylic acids is 1. The number of rotatable bonds is 3. The van der Waals surface area contributed by atoms with Crippen LogP contribution >= 0.6 is 0 Å². The van der Waals surface area contributed by atoms with Crippen LogP contribution in [0.4, 0.5) is 0 Å². The first-order valence-corrected chi connectivity index (χ1v) is 6.34. The normalized spacial score (nSPS) is 19.4. The Morgan fingerprint density at radius 1 is 1.53 bits per heavy atom. The highest BCUT2D eigenvalue weighted by Gasteiger charge is 2.28. The first kappa shape index (κ1) is 13.5. The third-order valence-corrected chi connectivity index (χ3v) is 3.16. The number of nitrogens with one attached hydrogen (secondary N) is 2. The molecule has 0 radical (unpaired) electrons. The van der Waals surface area contributed by atoms with Gasteiger partial charge in [-0.1, -0.05) is 13.3 Å². The van der Waals surface area contributed by atoms with Gasteiger partial charge in [0, 0.05) is 12.7 Å². The second kappa shape index (κ2) is 5.83. The van der Waals surface area contributed by atoms with Crippen LogP contribution in [0.1, 0.15) is 30.1 Å². The van der Waals surface area contributed by atoms with Gasteiger partial charge < -0.3 is 14.6 Å². The molecule has 0 aromatic carbocycles. The average Bonchev–Trinajstić information content (AvgIpc) is 2.39. The van der Waals surface area contributed by atoms with Gasteiger partial charge in [-0.2, -0.15) is 0 Å². The van der Waals surface area contributed by atoms with Crippen molar-refractivity contribution in [3.8, 4) is 0 Å². The molecule has 0 aliphatic carbocycles. The Morgan fingerprint density at radius 2 is 2.32 bits per heavy atom. The number of nitrogens with zero attached hydrogens (tertiary/aromatic N) is 1. The number of ether oxygens (including phenoxy) is 1. The maximum absolute atomic E-state index is 12.3. The monoisotopic (exact) mass is 267 g/mol. The Hall–Kier alpha value is -1.89. The Morgan fingerprint density at radius 3 is 3.00 bits per heavy atom. The molecule has 2 N–H and O–H groups in total. The molecule has 0 bridgehead atoms. The van der Waals surface area contributed by atoms with Crippen LogP contribution in [0.15, 0.2) is 15.8 Å². The molecule has 1 saturated heterocycles. The number of morpholine rings is 1. The lowest BCUT2D eigenvalue weighted by Crippen LogP contribution is -2.50. The minimum Gasteiger partial charge on any atom is -0.377 e. The van der Waals surface area contributed by atoms with E-state index in [1.807, 2.05) is 6.92 Å². The molecular formula is C12H17N3O4. The van der Waals surface area contributed by atoms with Crippen LogP contribution in [0.25, 0.3) is 0 Å². The summed E-state index contributed by atoms with van der Waals surface area (Å²) in [5.41, 5.74) is -1.31. The van der Waals surface area contributed by atoms with E-state index in [0.717, 1.165) is 12.8 Å². The van der Waals surface area contributed by atoms with Crippen LogP contribution in [0, 0.1) is 0 Å². The number of amides is 1. The van der Waals surface area contributed by atoms with Crippen molar-refractivity contribution in [2.45, 2.75) is 25.8 Å². The topological polar surface area (TPSA) is 95.3 Å². The maximum atomic E-state index is 12.3. The fraction of sp³-hybridized carbons (Fsp3) is 0.583. The zero-order valence-electron chi connectivity index (χ0n) is 10.8. The molecule has 0 saturated carbocycles. The molecule has 7 nitrogen and oxygen atoms in total. The molecule has 1 aliphatic heterocycles. The molecule has 1 aliphatic rings. The zero-order chi connectivity index (χ0) is 13.8. The van der Waals surface area contributed by atoms with E-state index in [2.05, 4.69) is 9.97 Å². The van der Waals surface area contributed by atoms with Crippen molar-refractivity contribution in [2.24, 2.45) is 0 Å². The molecule has 0 unspecified atom stereocenters. The number of hydrogen-bond acceptors (Lipinski definition) is 4. The zero-order valence-corrected chi connectivity index (χ0v) is 10.8. The predicted molar refractivity (Wildman–Crippen MR) is 68.2 cm³/mol. The highest BCUT2D eigenvalue weighted by atomic mass is 16.5. The summed E-state index contributed by atoms with van der Waals surface area (Å²) in [6, 6.07) is -0.0161. The predicted octanol–water partition coefficient (Wildman–Crippen LogP) is -0.296. The van der Waals surface area contributed by atoms with E-state index in [1.165, 1.54) is 6.20 Å². The van der Waals surface area contributed by atoms with Crippen LogP contribution in [0.2, 0.25) is 0 Å². The summed E-state index contributed by atoms with van der Waals surface area (Å²) in [7, 11) is 0. The molecule has 1 aromatic rings. The number of H-pyrrole nitrogens is 2. The van der Waals surface area contributed by atoms with Crippen molar-refractivity contribution in [3.05, 3.63) is 32.6 Å². The van der Waals surface area contributed by atoms with Gasteiger partial charge in [0.2, 0.25) is 0 Å². The van der Waals surface area contributed by atoms with E-state index >= 15 is 0 Å². The van der Waals surface area contributed by atoms with Gasteiger partial charge in [0.15, 0.2) is 0 Å². The first-order valence-electron chi connectivity index (χ1n) is 6.34. The van der Waals surface area contributed by atoms with Crippen molar-refractivity contribution in [3.63, 3.8) is 0 Å². The number of aromatic amines is 2. The van der Waals surface area contributed by atoms with Gasteiger partial charge in [-0.3, -0.25) is 14.6 Å². The minimum absolute atomic E-state index is 0.0161. The van der Waals surface area contributed by atoms with Gasteiger partial charge in [-0.05, 0) is 6.42 Å². The Balaban J connectivity index is 2.26. The standard InChI is InChI=1S/C12H17N3O4/c1-2-3-8-7-19-5-4-15(8)11(17)9-6-13-12(18)14-10(9)16/h6,8H,2-5,7H2,1H3,(H2,13,14,16,18)/t8-/m0/s1. The molecule has 104 valence electrons. The summed E-state index contributed by atoms with van der Waals surface area (Å²) < 4.78 is 5.36. The quantitative estimate of drug-likeness (QED) is 0.786. The van der Waals surface area contributed by atoms with Gasteiger partial charge in [0.1, 0.15) is 5.56 Å². The number of hydrogen-bond donors (Lipinski definition) is 2. The Labute approximate surface area is 109 Å². The van der Waals surface area contributed by atoms with Crippen molar-refractivity contribution >= 4 is 5.91 Å². The molecule has 2 rings (SSSR count). The molecule has 1 atom stereocenters. The third-order valence-electron chi connectivity index (χ3n) is 3.16. The molecule has 1 amide bonds. The van der Waals surface area contributed by atoms with Crippen molar-refractivity contribution in [2.75, 3.05) is 19.8 Å². The fourth-order valence-corrected chi connectivity index (χ4v) is 2.22. The van der Waals surface area contributed by atoms with Crippen LogP contribution < -0.4 is 11.2 Å². The van der Waals surface area contributed by atoms with Gasteiger partial charge in [-0.25, -0.2) is 4.79 Å². The van der Waals surface area contributed by atoms with E-state index in [-0.39, 0.29) is 17.5 Å². The van der Waals surface area contributed by atoms with E-state index < -0.39 is 11.2 Å². The second-order valence-electron chi connectivity index (χ2n) is 4.50. The lowest BCUT2D eigenvalue weighted by Gasteiger charge is -2.35. The van der Waals surface area contributed by atoms with Gasteiger partial charge in [-0.15, -0.1) is 0 Å². The summed E-state index contributed by atoms with van der Waals surface area (Å²) in [4.78, 5) is 41.0. The summed E-state index contributed by atoms with van der Waals surface area (Å²) in [6.07, 6.45) is 2.93. The van der Waals surface area contributed by atoms with Crippen molar-refractivity contribution in [1.29, 1.82) is 0 Å². The lowest BCUT2D eigenvalue weighted by molar-refractivity contribution is -0.00446. The third kappa shape index (κ3) is 2.93. The van der Waals surface area contributed by atoms with Crippen LogP contribution in [-0.4, -0.2) is 46.6 Å². The van der Waals surface area contributed by atoms with E-state index in [9.17, 15) is 14.4 Å². The molecule has 1 aromatic heterocycles. The molecule has 0 spiro atoms. The SMILES string of the molecule is CCC[C@H]1COCCN1C(=O)c1c[nH]c(=O)[nH]c1=O. The van der Waals surface area contributed by atoms with Crippen LogP contribution in [-0.2, 0) is 4.74 Å². The number of carbonyl (C=O) groups is 1. The van der Waals surface area contributed by atoms with Gasteiger partial charge >= 0.3 is 5.69 Å². The van der Waals surface area contributed by atoms with E-state index in [0.29, 0.717) is 19.8 Å². The van der Waals surface area contributed by atoms with Crippen LogP contribution in [0.3, 0.4) is 0 Å². The Bertz CT molecular complexity index is 561. The van der Waals surface area contributed by atoms with E-state index in [4.69, 9.17) is 4.74 Å². The second-order valence-corrected chi connectivity index (χ2v) is 4.50. The van der Waals surface area contributed by atoms with Crippen molar-refractivity contribution in [1.82, 2.24) is 14.9 Å². The highest BCUT2D eigenvalue weighted by Crippen LogP contribution is 2.14. The molecule has 19 heavy (non-hydrogen) atoms. The van der Waals surface area contributed by atoms with Gasteiger partial charge in [0.25, 0.3) is 11.5 Å². The smallest absolute Gasteiger partial charge is 0.325 e. The van der Waals surface area contributed by atoms with Crippen LogP contribution in [0.5, 0.6) is 0 Å². The molecule has 2 heterocycles. The largest absolute Gasteiger partial charge is 0.377 e. The Kier molecular flexibility index (Phi) is 4.16. The fourth-order valence-electron chi connectivity index (χ4n) is 2.22. The highest BCUT2D eigenvalue weighted by molar-refractivity contribution is 5.93. The molecule has 7 heteroatoms. The molecular weight excluding hydrogens is 250 g/mol.